The Balaban J connectivity index is 1.70. The van der Waals surface area contributed by atoms with Crippen LogP contribution in [0.2, 0.25) is 10.0 Å². The van der Waals surface area contributed by atoms with Gasteiger partial charge in [0.25, 0.3) is 0 Å². The van der Waals surface area contributed by atoms with Crippen molar-refractivity contribution in [3.63, 3.8) is 0 Å². The molecular formula is C18H21Cl2N5O. The summed E-state index contributed by atoms with van der Waals surface area (Å²) in [6.07, 6.45) is 2.19. The van der Waals surface area contributed by atoms with Crippen molar-refractivity contribution in [3.8, 4) is 11.3 Å². The normalized spacial score (nSPS) is 24.5. The number of aromatic nitrogens is 2. The molecule has 2 heterocycles. The molecule has 2 fully saturated rings. The van der Waals surface area contributed by atoms with Gasteiger partial charge in [-0.05, 0) is 36.8 Å². The number of hydrogen-bond donors (Lipinski definition) is 3. The molecule has 8 heteroatoms. The molecule has 1 saturated carbocycles. The third-order valence-electron chi connectivity index (χ3n) is 5.72. The molecule has 0 radical (unpaired) electrons. The third-order valence-corrected chi connectivity index (χ3v) is 6.53. The fraction of sp³-hybridized carbons (Fsp3) is 0.444. The van der Waals surface area contributed by atoms with Crippen molar-refractivity contribution < 1.29 is 5.11 Å². The molecule has 2 aliphatic rings. The van der Waals surface area contributed by atoms with E-state index in [0.29, 0.717) is 44.1 Å². The maximum atomic E-state index is 9.86. The summed E-state index contributed by atoms with van der Waals surface area (Å²) in [6, 6.07) is 5.27. The highest BCUT2D eigenvalue weighted by atomic mass is 35.5. The zero-order chi connectivity index (χ0) is 18.5. The quantitative estimate of drug-likeness (QED) is 0.737. The number of rotatable bonds is 4. The summed E-state index contributed by atoms with van der Waals surface area (Å²) in [5.41, 5.74) is 14.0. The van der Waals surface area contributed by atoms with Crippen LogP contribution >= 0.6 is 23.2 Å². The minimum absolute atomic E-state index is 0.225. The fourth-order valence-corrected chi connectivity index (χ4v) is 4.36. The number of fused-ring (bicyclic) bond motifs is 1. The molecule has 4 rings (SSSR count). The topological polar surface area (TPSA) is 101 Å². The van der Waals surface area contributed by atoms with Gasteiger partial charge in [0.1, 0.15) is 11.4 Å². The molecular weight excluding hydrogens is 373 g/mol. The SMILES string of the molecule is NCC12CCN(c3nc(N)c(-c4cccc(Cl)c4Cl)nc3CO)CC1C2. The predicted molar refractivity (Wildman–Crippen MR) is 104 cm³/mol. The number of nitrogen functional groups attached to an aromatic ring is 1. The number of aliphatic hydroxyl groups excluding tert-OH is 1. The van der Waals surface area contributed by atoms with Crippen LogP contribution in [0, 0.1) is 11.3 Å². The highest BCUT2D eigenvalue weighted by Gasteiger charge is 2.55. The molecule has 5 N–H and O–H groups in total. The maximum Gasteiger partial charge on any atom is 0.155 e. The number of piperidine rings is 1. The number of hydrogen-bond acceptors (Lipinski definition) is 6. The largest absolute Gasteiger partial charge is 0.390 e. The lowest BCUT2D eigenvalue weighted by Crippen LogP contribution is -2.38. The Morgan fingerprint density at radius 3 is 2.81 bits per heavy atom. The van der Waals surface area contributed by atoms with Crippen LogP contribution in [-0.4, -0.2) is 34.7 Å². The van der Waals surface area contributed by atoms with E-state index >= 15 is 0 Å². The standard InChI is InChI=1S/C18H21Cl2N5O/c19-12-3-1-2-11(14(12)20)15-16(22)24-17(13(8-26)23-15)25-5-4-18(9-21)6-10(18)7-25/h1-3,10,26H,4-9,21H2,(H2,22,24). The minimum atomic E-state index is -0.225. The monoisotopic (exact) mass is 393 g/mol. The number of nitrogens with zero attached hydrogens (tertiary/aromatic N) is 3. The molecule has 2 atom stereocenters. The van der Waals surface area contributed by atoms with Gasteiger partial charge in [-0.15, -0.1) is 0 Å². The summed E-state index contributed by atoms with van der Waals surface area (Å²) in [4.78, 5) is 11.3. The molecule has 1 aliphatic carbocycles. The van der Waals surface area contributed by atoms with E-state index in [-0.39, 0.29) is 12.4 Å². The second-order valence-corrected chi connectivity index (χ2v) is 7.94. The van der Waals surface area contributed by atoms with E-state index in [2.05, 4.69) is 14.9 Å². The van der Waals surface area contributed by atoms with Crippen molar-refractivity contribution >= 4 is 34.8 Å². The van der Waals surface area contributed by atoms with E-state index in [0.717, 1.165) is 32.5 Å². The van der Waals surface area contributed by atoms with Crippen LogP contribution < -0.4 is 16.4 Å². The van der Waals surface area contributed by atoms with Crippen molar-refractivity contribution in [3.05, 3.63) is 33.9 Å². The summed E-state index contributed by atoms with van der Waals surface area (Å²) in [5, 5.41) is 10.6. The Bertz CT molecular complexity index is 862. The molecule has 1 saturated heterocycles. The summed E-state index contributed by atoms with van der Waals surface area (Å²) in [5.74, 6) is 1.50. The molecule has 2 unspecified atom stereocenters. The summed E-state index contributed by atoms with van der Waals surface area (Å²) >= 11 is 12.4. The van der Waals surface area contributed by atoms with Gasteiger partial charge in [0, 0.05) is 18.7 Å². The molecule has 0 bridgehead atoms. The van der Waals surface area contributed by atoms with Gasteiger partial charge in [0.05, 0.1) is 16.7 Å². The van der Waals surface area contributed by atoms with Crippen LogP contribution in [0.1, 0.15) is 18.5 Å². The average molecular weight is 394 g/mol. The Hall–Kier alpha value is -1.60. The molecule has 1 aromatic heterocycles. The van der Waals surface area contributed by atoms with Crippen molar-refractivity contribution in [2.75, 3.05) is 30.3 Å². The minimum Gasteiger partial charge on any atom is -0.390 e. The highest BCUT2D eigenvalue weighted by molar-refractivity contribution is 6.43. The second-order valence-electron chi connectivity index (χ2n) is 7.15. The highest BCUT2D eigenvalue weighted by Crippen LogP contribution is 2.57. The van der Waals surface area contributed by atoms with E-state index < -0.39 is 0 Å². The lowest BCUT2D eigenvalue weighted by Gasteiger charge is -2.33. The summed E-state index contributed by atoms with van der Waals surface area (Å²) < 4.78 is 0. The summed E-state index contributed by atoms with van der Waals surface area (Å²) in [6.45, 7) is 2.22. The number of halogens is 2. The Morgan fingerprint density at radius 1 is 1.31 bits per heavy atom. The Morgan fingerprint density at radius 2 is 2.12 bits per heavy atom. The number of benzene rings is 1. The van der Waals surface area contributed by atoms with Crippen molar-refractivity contribution in [1.82, 2.24) is 9.97 Å². The van der Waals surface area contributed by atoms with Gasteiger partial charge in [-0.1, -0.05) is 35.3 Å². The van der Waals surface area contributed by atoms with Gasteiger partial charge >= 0.3 is 0 Å². The zero-order valence-electron chi connectivity index (χ0n) is 14.3. The molecule has 0 spiro atoms. The van der Waals surface area contributed by atoms with Crippen LogP contribution in [0.3, 0.4) is 0 Å². The first-order valence-electron chi connectivity index (χ1n) is 8.66. The number of anilines is 2. The van der Waals surface area contributed by atoms with E-state index in [1.807, 2.05) is 0 Å². The second kappa shape index (κ2) is 6.53. The molecule has 0 amide bonds. The maximum absolute atomic E-state index is 9.86. The van der Waals surface area contributed by atoms with Crippen LogP contribution in [0.15, 0.2) is 18.2 Å². The van der Waals surface area contributed by atoms with E-state index in [4.69, 9.17) is 34.7 Å². The molecule has 6 nitrogen and oxygen atoms in total. The first kappa shape index (κ1) is 17.8. The number of nitrogens with two attached hydrogens (primary N) is 2. The number of aliphatic hydroxyl groups is 1. The first-order valence-corrected chi connectivity index (χ1v) is 9.41. The molecule has 26 heavy (non-hydrogen) atoms. The third kappa shape index (κ3) is 2.81. The lowest BCUT2D eigenvalue weighted by atomic mass is 9.95. The fourth-order valence-electron chi connectivity index (χ4n) is 3.97. The average Bonchev–Trinajstić information content (AvgIpc) is 3.38. The van der Waals surface area contributed by atoms with Gasteiger partial charge in [0.15, 0.2) is 11.6 Å². The van der Waals surface area contributed by atoms with Gasteiger partial charge in [-0.3, -0.25) is 0 Å². The predicted octanol–water partition coefficient (Wildman–Crippen LogP) is 2.70. The smallest absolute Gasteiger partial charge is 0.155 e. The van der Waals surface area contributed by atoms with Crippen LogP contribution in [0.25, 0.3) is 11.3 Å². The lowest BCUT2D eigenvalue weighted by molar-refractivity contribution is 0.276. The molecule has 2 aromatic rings. The van der Waals surface area contributed by atoms with Gasteiger partial charge in [-0.25, -0.2) is 9.97 Å². The van der Waals surface area contributed by atoms with E-state index in [1.54, 1.807) is 18.2 Å². The van der Waals surface area contributed by atoms with Crippen molar-refractivity contribution in [1.29, 1.82) is 0 Å². The Kier molecular flexibility index (Phi) is 4.47. The van der Waals surface area contributed by atoms with Crippen LogP contribution in [-0.2, 0) is 6.61 Å². The molecule has 1 aromatic carbocycles. The zero-order valence-corrected chi connectivity index (χ0v) is 15.8. The van der Waals surface area contributed by atoms with Gasteiger partial charge < -0.3 is 21.5 Å². The van der Waals surface area contributed by atoms with Crippen molar-refractivity contribution in [2.24, 2.45) is 17.1 Å². The van der Waals surface area contributed by atoms with Crippen LogP contribution in [0.5, 0.6) is 0 Å². The molecule has 1 aliphatic heterocycles. The summed E-state index contributed by atoms with van der Waals surface area (Å²) in [7, 11) is 0. The van der Waals surface area contributed by atoms with Crippen molar-refractivity contribution in [2.45, 2.75) is 19.4 Å². The first-order chi connectivity index (χ1) is 12.5. The van der Waals surface area contributed by atoms with Gasteiger partial charge in [0.2, 0.25) is 0 Å². The van der Waals surface area contributed by atoms with E-state index in [9.17, 15) is 5.11 Å². The molecule has 138 valence electrons. The van der Waals surface area contributed by atoms with Gasteiger partial charge in [-0.2, -0.15) is 0 Å². The van der Waals surface area contributed by atoms with Crippen LogP contribution in [0.4, 0.5) is 11.6 Å². The Labute approximate surface area is 162 Å². The van der Waals surface area contributed by atoms with E-state index in [1.165, 1.54) is 0 Å².